The number of allylic oxidation sites excluding steroid dienone is 1. The maximum absolute atomic E-state index is 5.74. The van der Waals surface area contributed by atoms with Gasteiger partial charge in [0.25, 0.3) is 0 Å². The van der Waals surface area contributed by atoms with Gasteiger partial charge in [0.15, 0.2) is 0 Å². The van der Waals surface area contributed by atoms with Gasteiger partial charge in [-0.1, -0.05) is 0 Å². The maximum atomic E-state index is 5.74. The van der Waals surface area contributed by atoms with Crippen molar-refractivity contribution in [2.24, 2.45) is 0 Å². The summed E-state index contributed by atoms with van der Waals surface area (Å²) in [5.41, 5.74) is 0. The van der Waals surface area contributed by atoms with Crippen molar-refractivity contribution in [1.29, 1.82) is 0 Å². The second kappa shape index (κ2) is 2.21. The van der Waals surface area contributed by atoms with Gasteiger partial charge in [-0.05, 0) is 0 Å². The first kappa shape index (κ1) is 6.92. The van der Waals surface area contributed by atoms with Gasteiger partial charge < -0.3 is 0 Å². The van der Waals surface area contributed by atoms with E-state index in [1.807, 2.05) is 0 Å². The molecule has 0 aromatic heterocycles. The van der Waals surface area contributed by atoms with Crippen LogP contribution in [0.4, 0.5) is 0 Å². The van der Waals surface area contributed by atoms with Gasteiger partial charge in [-0.3, -0.25) is 0 Å². The molecule has 0 saturated heterocycles. The summed E-state index contributed by atoms with van der Waals surface area (Å²) in [5.74, 6) is 2.15. The predicted molar refractivity (Wildman–Crippen MR) is 46.6 cm³/mol. The fourth-order valence-corrected chi connectivity index (χ4v) is 4.60. The molecule has 0 saturated carbocycles. The van der Waals surface area contributed by atoms with E-state index in [1.54, 1.807) is 0 Å². The number of rotatable bonds is 0. The van der Waals surface area contributed by atoms with Gasteiger partial charge in [-0.15, -0.1) is 0 Å². The average Bonchev–Trinajstić information content (AvgIpc) is 1.82. The van der Waals surface area contributed by atoms with E-state index in [4.69, 9.17) is 11.6 Å². The third-order valence-corrected chi connectivity index (χ3v) is 5.11. The summed E-state index contributed by atoms with van der Waals surface area (Å²) >= 11 is 10.2. The monoisotopic (exact) mass is 168 g/mol. The zero-order valence-corrected chi connectivity index (χ0v) is 7.47. The minimum absolute atomic E-state index is 1.02. The number of hydrogen-bond donors (Lipinski definition) is 1. The van der Waals surface area contributed by atoms with Crippen LogP contribution >= 0.6 is 30.3 Å². The molecule has 8 heavy (non-hydrogen) atoms. The van der Waals surface area contributed by atoms with Crippen molar-refractivity contribution in [1.82, 2.24) is 0 Å². The molecule has 3 heteroatoms. The molecule has 0 aliphatic carbocycles. The van der Waals surface area contributed by atoms with Crippen molar-refractivity contribution >= 4 is 30.3 Å². The van der Waals surface area contributed by atoms with Crippen molar-refractivity contribution in [3.63, 3.8) is 0 Å². The molecule has 0 atom stereocenters. The molecule has 0 spiro atoms. The SMILES string of the molecule is C[PH]1(S)C=C(Cl)CC1. The molecule has 1 aliphatic rings. The van der Waals surface area contributed by atoms with Gasteiger partial charge in [-0.2, -0.15) is 0 Å². The topological polar surface area (TPSA) is 0 Å². The summed E-state index contributed by atoms with van der Waals surface area (Å²) in [4.78, 5) is 0. The summed E-state index contributed by atoms with van der Waals surface area (Å²) in [5, 5.41) is 1.02. The Morgan fingerprint density at radius 1 is 1.88 bits per heavy atom. The molecule has 0 radical (unpaired) electrons. The van der Waals surface area contributed by atoms with Crippen molar-refractivity contribution in [3.05, 3.63) is 10.8 Å². The van der Waals surface area contributed by atoms with Crippen LogP contribution in [0.25, 0.3) is 0 Å². The van der Waals surface area contributed by atoms with E-state index in [9.17, 15) is 0 Å². The Bertz CT molecular complexity index is 130. The molecule has 0 unspecified atom stereocenters. The zero-order chi connectivity index (χ0) is 6.20. The van der Waals surface area contributed by atoms with E-state index >= 15 is 0 Å². The van der Waals surface area contributed by atoms with Gasteiger partial charge in [0.2, 0.25) is 0 Å². The molecule has 0 bridgehead atoms. The first-order valence-electron chi connectivity index (χ1n) is 2.70. The summed E-state index contributed by atoms with van der Waals surface area (Å²) in [6.45, 7) is 1.01. The first-order valence-corrected chi connectivity index (χ1v) is 7.15. The quantitative estimate of drug-likeness (QED) is 0.417. The van der Waals surface area contributed by atoms with Crippen LogP contribution in [0.5, 0.6) is 0 Å². The van der Waals surface area contributed by atoms with Gasteiger partial charge in [0.1, 0.15) is 0 Å². The summed E-state index contributed by atoms with van der Waals surface area (Å²) in [6.07, 6.45) is 2.28. The van der Waals surface area contributed by atoms with Crippen LogP contribution in [0, 0.1) is 0 Å². The van der Waals surface area contributed by atoms with E-state index in [0.29, 0.717) is 0 Å². The normalized spacial score (nSPS) is 29.6. The Morgan fingerprint density at radius 2 is 2.50 bits per heavy atom. The van der Waals surface area contributed by atoms with Crippen LogP contribution < -0.4 is 0 Å². The Hall–Kier alpha value is 0.810. The minimum atomic E-state index is -1.20. The summed E-state index contributed by atoms with van der Waals surface area (Å²) in [7, 11) is 0. The van der Waals surface area contributed by atoms with Crippen molar-refractivity contribution in [2.75, 3.05) is 12.8 Å². The van der Waals surface area contributed by atoms with Crippen molar-refractivity contribution < 1.29 is 0 Å². The van der Waals surface area contributed by atoms with Gasteiger partial charge in [-0.25, -0.2) is 0 Å². The van der Waals surface area contributed by atoms with Gasteiger partial charge in [0.05, 0.1) is 0 Å². The van der Waals surface area contributed by atoms with Crippen LogP contribution in [0.2, 0.25) is 0 Å². The van der Waals surface area contributed by atoms with Crippen LogP contribution in [0.1, 0.15) is 6.42 Å². The molecule has 0 nitrogen and oxygen atoms in total. The van der Waals surface area contributed by atoms with E-state index in [1.165, 1.54) is 6.16 Å². The molecule has 0 N–H and O–H groups in total. The van der Waals surface area contributed by atoms with Crippen LogP contribution in [-0.4, -0.2) is 12.8 Å². The molecular formula is C5H10ClPS. The van der Waals surface area contributed by atoms with Crippen LogP contribution in [-0.2, 0) is 0 Å². The van der Waals surface area contributed by atoms with E-state index in [2.05, 4.69) is 24.7 Å². The molecule has 1 heterocycles. The molecule has 0 aromatic carbocycles. The van der Waals surface area contributed by atoms with E-state index in [-0.39, 0.29) is 0 Å². The fraction of sp³-hybridized carbons (Fsp3) is 0.600. The fourth-order valence-electron chi connectivity index (χ4n) is 0.854. The second-order valence-corrected chi connectivity index (χ2v) is 9.50. The van der Waals surface area contributed by atoms with Crippen LogP contribution in [0.3, 0.4) is 0 Å². The predicted octanol–water partition coefficient (Wildman–Crippen LogP) is 2.69. The molecule has 0 aromatic rings. The zero-order valence-electron chi connectivity index (χ0n) is 4.82. The molecular weight excluding hydrogens is 159 g/mol. The van der Waals surface area contributed by atoms with Gasteiger partial charge in [0, 0.05) is 0 Å². The molecule has 48 valence electrons. The second-order valence-electron chi connectivity index (χ2n) is 2.45. The van der Waals surface area contributed by atoms with E-state index in [0.717, 1.165) is 11.5 Å². The Labute approximate surface area is 60.8 Å². The Morgan fingerprint density at radius 3 is 2.62 bits per heavy atom. The van der Waals surface area contributed by atoms with Crippen LogP contribution in [0.15, 0.2) is 10.8 Å². The number of halogens is 1. The molecule has 0 amide bonds. The van der Waals surface area contributed by atoms with Crippen molar-refractivity contribution in [3.8, 4) is 0 Å². The number of hydrogen-bond acceptors (Lipinski definition) is 1. The first-order chi connectivity index (χ1) is 3.60. The third kappa shape index (κ3) is 1.65. The molecule has 0 fully saturated rings. The Kier molecular flexibility index (Phi) is 1.91. The Balaban J connectivity index is 2.67. The van der Waals surface area contributed by atoms with Gasteiger partial charge >= 0.3 is 60.4 Å². The third-order valence-electron chi connectivity index (χ3n) is 1.34. The summed E-state index contributed by atoms with van der Waals surface area (Å²) < 4.78 is 0. The standard InChI is InChI=1S/C5H10ClPS/c1-7(8)3-2-5(6)4-7/h4,7-8H,2-3H2,1H3. The molecule has 1 aliphatic heterocycles. The van der Waals surface area contributed by atoms with Crippen molar-refractivity contribution in [2.45, 2.75) is 6.42 Å². The average molecular weight is 169 g/mol. The summed E-state index contributed by atoms with van der Waals surface area (Å²) in [6, 6.07) is 0. The number of thiol groups is 1. The molecule has 1 rings (SSSR count). The van der Waals surface area contributed by atoms with E-state index < -0.39 is 6.46 Å².